The summed E-state index contributed by atoms with van der Waals surface area (Å²) in [6.07, 6.45) is 0. The van der Waals surface area contributed by atoms with Crippen LogP contribution in [0.4, 0.5) is 0 Å². The largest absolute Gasteiger partial charge is 0.279 e. The molecule has 0 aliphatic carbocycles. The highest BCUT2D eigenvalue weighted by Gasteiger charge is 2.15. The van der Waals surface area contributed by atoms with Gasteiger partial charge in [-0.2, -0.15) is 9.78 Å². The van der Waals surface area contributed by atoms with Gasteiger partial charge in [-0.1, -0.05) is 51.1 Å². The number of benzene rings is 2. The number of halogens is 1. The van der Waals surface area contributed by atoms with Crippen molar-refractivity contribution in [2.45, 2.75) is 26.2 Å². The fourth-order valence-electron chi connectivity index (χ4n) is 2.43. The van der Waals surface area contributed by atoms with Gasteiger partial charge >= 0.3 is 0 Å². The topological polar surface area (TPSA) is 34.9 Å². The van der Waals surface area contributed by atoms with Gasteiger partial charge in [-0.25, -0.2) is 0 Å². The lowest BCUT2D eigenvalue weighted by Gasteiger charge is -2.20. The van der Waals surface area contributed by atoms with Crippen LogP contribution in [-0.4, -0.2) is 9.78 Å². The third-order valence-electron chi connectivity index (χ3n) is 3.72. The van der Waals surface area contributed by atoms with Crippen LogP contribution in [0.15, 0.2) is 57.9 Å². The molecule has 3 aromatic rings. The Bertz CT molecular complexity index is 907. The van der Waals surface area contributed by atoms with Gasteiger partial charge < -0.3 is 0 Å². The van der Waals surface area contributed by atoms with Crippen molar-refractivity contribution in [1.82, 2.24) is 9.78 Å². The Kier molecular flexibility index (Phi) is 3.65. The van der Waals surface area contributed by atoms with E-state index in [0.29, 0.717) is 9.99 Å². The van der Waals surface area contributed by atoms with Crippen molar-refractivity contribution in [1.29, 1.82) is 0 Å². The molecular weight excluding hydrogens is 340 g/mol. The normalized spacial score (nSPS) is 11.8. The molecule has 1 heterocycles. The van der Waals surface area contributed by atoms with E-state index in [-0.39, 0.29) is 11.0 Å². The lowest BCUT2D eigenvalue weighted by Crippen LogP contribution is -2.22. The summed E-state index contributed by atoms with van der Waals surface area (Å²) in [7, 11) is 0. The summed E-state index contributed by atoms with van der Waals surface area (Å²) in [6.45, 7) is 6.45. The molecule has 112 valence electrons. The predicted octanol–water partition coefficient (Wildman–Crippen LogP) is 4.45. The zero-order valence-electron chi connectivity index (χ0n) is 12.8. The highest BCUT2D eigenvalue weighted by molar-refractivity contribution is 9.10. The van der Waals surface area contributed by atoms with E-state index in [1.165, 1.54) is 10.2 Å². The van der Waals surface area contributed by atoms with E-state index in [1.54, 1.807) is 0 Å². The Balaban J connectivity index is 2.28. The van der Waals surface area contributed by atoms with Gasteiger partial charge in [0.2, 0.25) is 0 Å². The maximum atomic E-state index is 12.7. The molecule has 0 aliphatic rings. The third-order valence-corrected chi connectivity index (χ3v) is 4.30. The number of rotatable bonds is 1. The second-order valence-electron chi connectivity index (χ2n) is 6.35. The molecule has 0 N–H and O–H groups in total. The minimum absolute atomic E-state index is 0.0215. The Morgan fingerprint density at radius 3 is 2.36 bits per heavy atom. The molecule has 0 atom stereocenters. The van der Waals surface area contributed by atoms with Crippen LogP contribution in [0.5, 0.6) is 0 Å². The van der Waals surface area contributed by atoms with Crippen LogP contribution < -0.4 is 5.56 Å². The molecule has 2 aromatic carbocycles. The number of hydrogen-bond acceptors (Lipinski definition) is 2. The maximum absolute atomic E-state index is 12.7. The van der Waals surface area contributed by atoms with E-state index in [1.807, 2.05) is 42.5 Å². The van der Waals surface area contributed by atoms with Crippen LogP contribution in [0, 0.1) is 0 Å². The van der Waals surface area contributed by atoms with Crippen LogP contribution in [0.25, 0.3) is 16.5 Å². The van der Waals surface area contributed by atoms with Gasteiger partial charge in [-0.3, -0.25) is 4.79 Å². The molecule has 0 amide bonds. The summed E-state index contributed by atoms with van der Waals surface area (Å²) in [5, 5.41) is 5.90. The molecule has 0 unspecified atom stereocenters. The molecule has 3 rings (SSSR count). The smallest absolute Gasteiger partial charge is 0.267 e. The van der Waals surface area contributed by atoms with Crippen molar-refractivity contribution in [2.75, 3.05) is 0 Å². The van der Waals surface area contributed by atoms with Crippen molar-refractivity contribution in [3.8, 4) is 5.69 Å². The van der Waals surface area contributed by atoms with Crippen LogP contribution in [-0.2, 0) is 5.41 Å². The molecule has 3 nitrogen and oxygen atoms in total. The molecule has 1 aromatic heterocycles. The first-order valence-electron chi connectivity index (χ1n) is 7.16. The van der Waals surface area contributed by atoms with Crippen LogP contribution in [0.3, 0.4) is 0 Å². The predicted molar refractivity (Wildman–Crippen MR) is 93.7 cm³/mol. The van der Waals surface area contributed by atoms with E-state index in [9.17, 15) is 4.79 Å². The van der Waals surface area contributed by atoms with Crippen molar-refractivity contribution in [3.05, 3.63) is 69.1 Å². The second kappa shape index (κ2) is 5.36. The third kappa shape index (κ3) is 2.59. The molecule has 0 bridgehead atoms. The minimum Gasteiger partial charge on any atom is -0.267 e. The van der Waals surface area contributed by atoms with E-state index in [0.717, 1.165) is 11.1 Å². The molecule has 0 saturated carbocycles. The standard InChI is InChI=1S/C18H17BrN2O/c1-18(2,3)12-7-6-8-13(11-12)21-17(22)15-10-5-4-9-14(15)16(19)20-21/h4-11H,1-3H3. The first-order chi connectivity index (χ1) is 10.4. The number of hydrogen-bond donors (Lipinski definition) is 0. The van der Waals surface area contributed by atoms with Crippen molar-refractivity contribution in [2.24, 2.45) is 0 Å². The van der Waals surface area contributed by atoms with Gasteiger partial charge in [0.15, 0.2) is 0 Å². The highest BCUT2D eigenvalue weighted by atomic mass is 79.9. The Labute approximate surface area is 137 Å². The van der Waals surface area contributed by atoms with E-state index in [2.05, 4.69) is 47.9 Å². The maximum Gasteiger partial charge on any atom is 0.279 e. The molecule has 0 fully saturated rings. The SMILES string of the molecule is CC(C)(C)c1cccc(-n2nc(Br)c3ccccc3c2=O)c1. The fourth-order valence-corrected chi connectivity index (χ4v) is 2.93. The van der Waals surface area contributed by atoms with Gasteiger partial charge in [-0.15, -0.1) is 0 Å². The van der Waals surface area contributed by atoms with Gasteiger partial charge in [0.1, 0.15) is 4.60 Å². The van der Waals surface area contributed by atoms with Crippen LogP contribution >= 0.6 is 15.9 Å². The monoisotopic (exact) mass is 356 g/mol. The first-order valence-corrected chi connectivity index (χ1v) is 7.96. The summed E-state index contributed by atoms with van der Waals surface area (Å²) < 4.78 is 2.13. The molecule has 0 radical (unpaired) electrons. The first kappa shape index (κ1) is 15.0. The van der Waals surface area contributed by atoms with Gasteiger partial charge in [0.05, 0.1) is 11.1 Å². The Hall–Kier alpha value is -1.94. The van der Waals surface area contributed by atoms with E-state index >= 15 is 0 Å². The van der Waals surface area contributed by atoms with Crippen LogP contribution in [0.2, 0.25) is 0 Å². The zero-order valence-corrected chi connectivity index (χ0v) is 14.4. The molecular formula is C18H17BrN2O. The quantitative estimate of drug-likeness (QED) is 0.645. The van der Waals surface area contributed by atoms with Crippen LogP contribution in [0.1, 0.15) is 26.3 Å². The van der Waals surface area contributed by atoms with Gasteiger partial charge in [-0.05, 0) is 45.1 Å². The lowest BCUT2D eigenvalue weighted by atomic mass is 9.87. The molecule has 0 spiro atoms. The van der Waals surface area contributed by atoms with Crippen molar-refractivity contribution >= 4 is 26.7 Å². The molecule has 0 aliphatic heterocycles. The Morgan fingerprint density at radius 1 is 1.00 bits per heavy atom. The number of nitrogens with zero attached hydrogens (tertiary/aromatic N) is 2. The molecule has 4 heteroatoms. The van der Waals surface area contributed by atoms with Crippen molar-refractivity contribution in [3.63, 3.8) is 0 Å². The summed E-state index contributed by atoms with van der Waals surface area (Å²) in [5.74, 6) is 0. The van der Waals surface area contributed by atoms with Gasteiger partial charge in [0, 0.05) is 5.39 Å². The molecule has 22 heavy (non-hydrogen) atoms. The fraction of sp³-hybridized carbons (Fsp3) is 0.222. The average Bonchev–Trinajstić information content (AvgIpc) is 2.50. The summed E-state index contributed by atoms with van der Waals surface area (Å²) in [5.41, 5.74) is 1.87. The zero-order chi connectivity index (χ0) is 15.9. The average molecular weight is 357 g/mol. The summed E-state index contributed by atoms with van der Waals surface area (Å²) in [6, 6.07) is 15.5. The highest BCUT2D eigenvalue weighted by Crippen LogP contribution is 2.24. The summed E-state index contributed by atoms with van der Waals surface area (Å²) >= 11 is 3.47. The summed E-state index contributed by atoms with van der Waals surface area (Å²) in [4.78, 5) is 12.7. The lowest BCUT2D eigenvalue weighted by molar-refractivity contribution is 0.589. The van der Waals surface area contributed by atoms with E-state index in [4.69, 9.17) is 0 Å². The number of fused-ring (bicyclic) bond motifs is 1. The second-order valence-corrected chi connectivity index (χ2v) is 7.10. The molecule has 0 saturated heterocycles. The van der Waals surface area contributed by atoms with Crippen molar-refractivity contribution < 1.29 is 0 Å². The van der Waals surface area contributed by atoms with E-state index < -0.39 is 0 Å². The number of aromatic nitrogens is 2. The van der Waals surface area contributed by atoms with Gasteiger partial charge in [0.25, 0.3) is 5.56 Å². The minimum atomic E-state index is -0.107. The Morgan fingerprint density at radius 2 is 1.68 bits per heavy atom.